The van der Waals surface area contributed by atoms with Gasteiger partial charge < -0.3 is 14.8 Å². The Kier molecular flexibility index (Phi) is 5.26. The van der Waals surface area contributed by atoms with E-state index in [2.05, 4.69) is 5.32 Å². The number of aliphatic carboxylic acids is 1. The highest BCUT2D eigenvalue weighted by Crippen LogP contribution is 2.24. The fraction of sp³-hybridized carbons (Fsp3) is 0.267. The molecule has 1 heterocycles. The van der Waals surface area contributed by atoms with E-state index in [1.807, 2.05) is 6.07 Å². The Hall–Kier alpha value is -2.67. The Labute approximate surface area is 126 Å². The molecule has 0 fully saturated rings. The average Bonchev–Trinajstić information content (AvgIpc) is 2.95. The number of nitro groups is 1. The number of non-ortho nitro benzene ring substituents is 1. The zero-order valence-electron chi connectivity index (χ0n) is 11.8. The number of nitrogens with one attached hydrogen (secondary N) is 1. The standard InChI is InChI=1S/C15H16N2O5/c18-15(19)2-1-9-16-10-13-7-8-14(22-13)11-3-5-12(6-4-11)17(20)21/h3-8,16H,1-2,9-10H2,(H,18,19). The number of rotatable bonds is 8. The van der Waals surface area contributed by atoms with Crippen molar-refractivity contribution in [3.63, 3.8) is 0 Å². The van der Waals surface area contributed by atoms with E-state index in [4.69, 9.17) is 9.52 Å². The summed E-state index contributed by atoms with van der Waals surface area (Å²) in [6, 6.07) is 9.77. The first kappa shape index (κ1) is 15.7. The number of nitrogens with zero attached hydrogens (tertiary/aromatic N) is 1. The molecule has 0 aliphatic heterocycles. The second-order valence-corrected chi connectivity index (χ2v) is 4.74. The minimum Gasteiger partial charge on any atom is -0.481 e. The van der Waals surface area contributed by atoms with Crippen molar-refractivity contribution in [1.82, 2.24) is 5.32 Å². The van der Waals surface area contributed by atoms with Crippen LogP contribution in [0.4, 0.5) is 5.69 Å². The predicted molar refractivity (Wildman–Crippen MR) is 79.4 cm³/mol. The molecule has 0 amide bonds. The average molecular weight is 304 g/mol. The minimum absolute atomic E-state index is 0.0376. The molecule has 0 radical (unpaired) electrons. The van der Waals surface area contributed by atoms with Crippen molar-refractivity contribution in [2.45, 2.75) is 19.4 Å². The summed E-state index contributed by atoms with van der Waals surface area (Å²) < 4.78 is 5.65. The lowest BCUT2D eigenvalue weighted by Crippen LogP contribution is -2.15. The van der Waals surface area contributed by atoms with Gasteiger partial charge in [0.05, 0.1) is 11.5 Å². The normalized spacial score (nSPS) is 10.5. The monoisotopic (exact) mass is 304 g/mol. The number of carboxylic acids is 1. The van der Waals surface area contributed by atoms with Crippen LogP contribution >= 0.6 is 0 Å². The molecule has 1 aromatic carbocycles. The lowest BCUT2D eigenvalue weighted by Gasteiger charge is -2.01. The molecule has 0 saturated carbocycles. The molecule has 2 rings (SSSR count). The molecule has 0 unspecified atom stereocenters. The summed E-state index contributed by atoms with van der Waals surface area (Å²) in [4.78, 5) is 20.5. The van der Waals surface area contributed by atoms with E-state index < -0.39 is 10.9 Å². The van der Waals surface area contributed by atoms with Crippen molar-refractivity contribution in [1.29, 1.82) is 0 Å². The molecule has 0 aliphatic carbocycles. The molecule has 7 nitrogen and oxygen atoms in total. The van der Waals surface area contributed by atoms with Crippen LogP contribution in [0.25, 0.3) is 11.3 Å². The third-order valence-electron chi connectivity index (χ3n) is 3.07. The Balaban J connectivity index is 1.88. The maximum absolute atomic E-state index is 10.6. The van der Waals surface area contributed by atoms with Crippen LogP contribution in [0.5, 0.6) is 0 Å². The first-order valence-electron chi connectivity index (χ1n) is 6.82. The third kappa shape index (κ3) is 4.42. The number of carboxylic acid groups (broad SMARTS) is 1. The molecule has 0 bridgehead atoms. The molecule has 0 saturated heterocycles. The van der Waals surface area contributed by atoms with E-state index in [1.165, 1.54) is 12.1 Å². The van der Waals surface area contributed by atoms with Gasteiger partial charge in [0.2, 0.25) is 0 Å². The Morgan fingerprint density at radius 3 is 2.59 bits per heavy atom. The van der Waals surface area contributed by atoms with E-state index in [0.29, 0.717) is 25.3 Å². The van der Waals surface area contributed by atoms with Crippen molar-refractivity contribution in [3.8, 4) is 11.3 Å². The van der Waals surface area contributed by atoms with Crippen LogP contribution in [0.3, 0.4) is 0 Å². The molecule has 2 N–H and O–H groups in total. The van der Waals surface area contributed by atoms with Crippen molar-refractivity contribution in [2.75, 3.05) is 6.54 Å². The highest BCUT2D eigenvalue weighted by molar-refractivity contribution is 5.66. The van der Waals surface area contributed by atoms with Gasteiger partial charge in [-0.25, -0.2) is 0 Å². The second-order valence-electron chi connectivity index (χ2n) is 4.74. The summed E-state index contributed by atoms with van der Waals surface area (Å²) in [5.74, 6) is 0.557. The van der Waals surface area contributed by atoms with Crippen molar-refractivity contribution < 1.29 is 19.2 Å². The van der Waals surface area contributed by atoms with Gasteiger partial charge in [0.25, 0.3) is 5.69 Å². The van der Waals surface area contributed by atoms with Crippen molar-refractivity contribution in [2.24, 2.45) is 0 Å². The van der Waals surface area contributed by atoms with Crippen LogP contribution < -0.4 is 5.32 Å². The summed E-state index contributed by atoms with van der Waals surface area (Å²) >= 11 is 0. The minimum atomic E-state index is -0.805. The number of furan rings is 1. The van der Waals surface area contributed by atoms with Gasteiger partial charge in [-0.1, -0.05) is 0 Å². The number of carbonyl (C=O) groups is 1. The first-order chi connectivity index (χ1) is 10.6. The van der Waals surface area contributed by atoms with Crippen LogP contribution in [0.1, 0.15) is 18.6 Å². The van der Waals surface area contributed by atoms with Gasteiger partial charge in [-0.2, -0.15) is 0 Å². The molecule has 22 heavy (non-hydrogen) atoms. The first-order valence-corrected chi connectivity index (χ1v) is 6.82. The van der Waals surface area contributed by atoms with Gasteiger partial charge in [-0.15, -0.1) is 0 Å². The SMILES string of the molecule is O=C(O)CCCNCc1ccc(-c2ccc([N+](=O)[O-])cc2)o1. The number of hydrogen-bond donors (Lipinski definition) is 2. The van der Waals surface area contributed by atoms with E-state index in [-0.39, 0.29) is 12.1 Å². The van der Waals surface area contributed by atoms with Crippen LogP contribution in [0, 0.1) is 10.1 Å². The highest BCUT2D eigenvalue weighted by Gasteiger charge is 2.08. The van der Waals surface area contributed by atoms with Crippen LogP contribution in [-0.2, 0) is 11.3 Å². The van der Waals surface area contributed by atoms with Crippen molar-refractivity contribution in [3.05, 3.63) is 52.3 Å². The predicted octanol–water partition coefficient (Wildman–Crippen LogP) is 2.81. The molecule has 0 aliphatic rings. The highest BCUT2D eigenvalue weighted by atomic mass is 16.6. The maximum atomic E-state index is 10.6. The topological polar surface area (TPSA) is 106 Å². The van der Waals surface area contributed by atoms with Crippen molar-refractivity contribution >= 4 is 11.7 Å². The molecule has 1 aromatic heterocycles. The fourth-order valence-corrected chi connectivity index (χ4v) is 1.95. The summed E-state index contributed by atoms with van der Waals surface area (Å²) in [5.41, 5.74) is 0.804. The smallest absolute Gasteiger partial charge is 0.303 e. The molecular formula is C15H16N2O5. The maximum Gasteiger partial charge on any atom is 0.303 e. The molecule has 0 spiro atoms. The quantitative estimate of drug-likeness (QED) is 0.441. The van der Waals surface area contributed by atoms with Gasteiger partial charge in [-0.3, -0.25) is 14.9 Å². The number of hydrogen-bond acceptors (Lipinski definition) is 5. The van der Waals surface area contributed by atoms with Gasteiger partial charge in [0.1, 0.15) is 11.5 Å². The Bertz CT molecular complexity index is 648. The third-order valence-corrected chi connectivity index (χ3v) is 3.07. The molecule has 116 valence electrons. The van der Waals surface area contributed by atoms with E-state index in [1.54, 1.807) is 18.2 Å². The summed E-state index contributed by atoms with van der Waals surface area (Å²) in [6.45, 7) is 1.10. The van der Waals surface area contributed by atoms with Gasteiger partial charge in [0.15, 0.2) is 0 Å². The fourth-order valence-electron chi connectivity index (χ4n) is 1.95. The Morgan fingerprint density at radius 2 is 1.95 bits per heavy atom. The zero-order valence-corrected chi connectivity index (χ0v) is 11.8. The van der Waals surface area contributed by atoms with Gasteiger partial charge in [0, 0.05) is 24.1 Å². The van der Waals surface area contributed by atoms with Gasteiger partial charge in [-0.05, 0) is 37.2 Å². The lowest BCUT2D eigenvalue weighted by molar-refractivity contribution is -0.384. The van der Waals surface area contributed by atoms with E-state index >= 15 is 0 Å². The van der Waals surface area contributed by atoms with Gasteiger partial charge >= 0.3 is 5.97 Å². The number of nitro benzene ring substituents is 1. The zero-order chi connectivity index (χ0) is 15.9. The van der Waals surface area contributed by atoms with Crippen LogP contribution in [0.15, 0.2) is 40.8 Å². The molecule has 2 aromatic rings. The summed E-state index contributed by atoms with van der Waals surface area (Å²) in [5, 5.41) is 22.2. The molecular weight excluding hydrogens is 288 g/mol. The molecule has 7 heteroatoms. The van der Waals surface area contributed by atoms with E-state index in [0.717, 1.165) is 11.3 Å². The Morgan fingerprint density at radius 1 is 1.23 bits per heavy atom. The second kappa shape index (κ2) is 7.37. The van der Waals surface area contributed by atoms with E-state index in [9.17, 15) is 14.9 Å². The summed E-state index contributed by atoms with van der Waals surface area (Å²) in [6.07, 6.45) is 0.699. The lowest BCUT2D eigenvalue weighted by atomic mass is 10.1. The summed E-state index contributed by atoms with van der Waals surface area (Å²) in [7, 11) is 0. The van der Waals surface area contributed by atoms with Crippen LogP contribution in [0.2, 0.25) is 0 Å². The largest absolute Gasteiger partial charge is 0.481 e. The molecule has 0 atom stereocenters. The number of benzene rings is 1. The van der Waals surface area contributed by atoms with Crippen LogP contribution in [-0.4, -0.2) is 22.5 Å².